The molecule has 0 radical (unpaired) electrons. The topological polar surface area (TPSA) is 88.9 Å². The minimum absolute atomic E-state index is 0.0237. The summed E-state index contributed by atoms with van der Waals surface area (Å²) in [6.07, 6.45) is 2.47. The quantitative estimate of drug-likeness (QED) is 0.735. The Hall–Kier alpha value is -1.26. The maximum atomic E-state index is 12.2. The molecule has 0 atom stereocenters. The summed E-state index contributed by atoms with van der Waals surface area (Å²) in [5, 5.41) is 0.215. The fraction of sp³-hybridized carbons (Fsp3) is 0.300. The number of carbonyl (C=O) groups is 1. The SMILES string of the molecule is [2H]C([2H])([2H])N1C(C(=O)OCC)=CC(c2ncc(Br)s2)=NS1(=O)=O. The number of thiazole rings is 1. The van der Waals surface area contributed by atoms with E-state index in [9.17, 15) is 13.2 Å². The number of rotatable bonds is 3. The van der Waals surface area contributed by atoms with E-state index in [2.05, 4.69) is 25.3 Å². The maximum absolute atomic E-state index is 12.2. The lowest BCUT2D eigenvalue weighted by Gasteiger charge is -2.22. The van der Waals surface area contributed by atoms with Crippen LogP contribution in [0.25, 0.3) is 0 Å². The highest BCUT2D eigenvalue weighted by molar-refractivity contribution is 9.11. The van der Waals surface area contributed by atoms with Gasteiger partial charge in [0, 0.05) is 11.1 Å². The summed E-state index contributed by atoms with van der Waals surface area (Å²) in [5.41, 5.74) is -0.771. The summed E-state index contributed by atoms with van der Waals surface area (Å²) in [4.78, 5) is 15.9. The van der Waals surface area contributed by atoms with Crippen molar-refractivity contribution in [1.29, 1.82) is 0 Å². The lowest BCUT2D eigenvalue weighted by Crippen LogP contribution is -2.34. The van der Waals surface area contributed by atoms with Crippen LogP contribution < -0.4 is 0 Å². The second-order valence-corrected chi connectivity index (χ2v) is 7.29. The third-order valence-corrected chi connectivity index (χ3v) is 4.70. The molecular formula is C10H10BrN3O4S2. The van der Waals surface area contributed by atoms with Crippen molar-refractivity contribution in [2.45, 2.75) is 6.92 Å². The number of nitrogens with zero attached hydrogens (tertiary/aromatic N) is 3. The Morgan fingerprint density at radius 2 is 2.40 bits per heavy atom. The molecule has 0 spiro atoms. The molecule has 0 saturated carbocycles. The second kappa shape index (κ2) is 5.62. The number of hydrogen-bond acceptors (Lipinski definition) is 6. The number of hydrogen-bond donors (Lipinski definition) is 0. The van der Waals surface area contributed by atoms with Crippen LogP contribution in [0.1, 0.15) is 16.0 Å². The van der Waals surface area contributed by atoms with Crippen LogP contribution in [0.2, 0.25) is 0 Å². The largest absolute Gasteiger partial charge is 0.461 e. The average molecular weight is 383 g/mol. The Morgan fingerprint density at radius 3 is 2.95 bits per heavy atom. The predicted octanol–water partition coefficient (Wildman–Crippen LogP) is 1.33. The molecule has 108 valence electrons. The van der Waals surface area contributed by atoms with Crippen LogP contribution in [0.4, 0.5) is 0 Å². The van der Waals surface area contributed by atoms with Crippen molar-refractivity contribution in [2.24, 2.45) is 4.40 Å². The van der Waals surface area contributed by atoms with E-state index < -0.39 is 28.9 Å². The fourth-order valence-corrected chi connectivity index (χ4v) is 3.39. The number of halogens is 1. The van der Waals surface area contributed by atoms with Crippen LogP contribution in [0.15, 0.2) is 26.2 Å². The van der Waals surface area contributed by atoms with Gasteiger partial charge in [0.05, 0.1) is 16.6 Å². The number of esters is 1. The number of ether oxygens (including phenoxy) is 1. The third kappa shape index (κ3) is 2.91. The molecule has 0 N–H and O–H groups in total. The van der Waals surface area contributed by atoms with Gasteiger partial charge in [-0.15, -0.1) is 15.7 Å². The van der Waals surface area contributed by atoms with Crippen molar-refractivity contribution >= 4 is 49.2 Å². The van der Waals surface area contributed by atoms with Crippen molar-refractivity contribution < 1.29 is 22.1 Å². The first-order chi connectivity index (χ1) is 10.6. The summed E-state index contributed by atoms with van der Waals surface area (Å²) < 4.78 is 55.3. The molecule has 0 fully saturated rings. The summed E-state index contributed by atoms with van der Waals surface area (Å²) in [6, 6.07) is 0. The minimum atomic E-state index is -4.64. The van der Waals surface area contributed by atoms with E-state index in [1.54, 1.807) is 0 Å². The van der Waals surface area contributed by atoms with Crippen molar-refractivity contribution in [3.63, 3.8) is 0 Å². The Balaban J connectivity index is 2.61. The number of aromatic nitrogens is 1. The number of allylic oxidation sites excluding steroid dienone is 1. The molecule has 2 rings (SSSR count). The second-order valence-electron chi connectivity index (χ2n) is 3.44. The van der Waals surface area contributed by atoms with Gasteiger partial charge in [-0.2, -0.15) is 8.42 Å². The molecule has 0 saturated heterocycles. The maximum Gasteiger partial charge on any atom is 0.355 e. The molecule has 1 aromatic heterocycles. The molecule has 0 aliphatic carbocycles. The fourth-order valence-electron chi connectivity index (χ4n) is 1.32. The van der Waals surface area contributed by atoms with Crippen molar-refractivity contribution in [1.82, 2.24) is 9.29 Å². The van der Waals surface area contributed by atoms with Gasteiger partial charge in [0.1, 0.15) is 16.4 Å². The summed E-state index contributed by atoms with van der Waals surface area (Å²) in [7, 11) is -4.64. The Bertz CT molecular complexity index is 801. The monoisotopic (exact) mass is 382 g/mol. The van der Waals surface area contributed by atoms with E-state index in [0.29, 0.717) is 3.79 Å². The van der Waals surface area contributed by atoms with Gasteiger partial charge in [-0.1, -0.05) is 0 Å². The van der Waals surface area contributed by atoms with Gasteiger partial charge in [0.25, 0.3) is 0 Å². The average Bonchev–Trinajstić information content (AvgIpc) is 2.82. The van der Waals surface area contributed by atoms with Gasteiger partial charge in [0.15, 0.2) is 0 Å². The van der Waals surface area contributed by atoms with Crippen LogP contribution in [0, 0.1) is 0 Å². The van der Waals surface area contributed by atoms with Crippen LogP contribution in [-0.2, 0) is 19.7 Å². The lowest BCUT2D eigenvalue weighted by atomic mass is 10.3. The van der Waals surface area contributed by atoms with Crippen LogP contribution >= 0.6 is 27.3 Å². The van der Waals surface area contributed by atoms with E-state index in [1.165, 1.54) is 13.1 Å². The number of likely N-dealkylation sites (N-methyl/N-ethyl adjacent to an activating group) is 1. The first-order valence-corrected chi connectivity index (χ1v) is 8.22. The highest BCUT2D eigenvalue weighted by Crippen LogP contribution is 2.25. The molecule has 2 heterocycles. The first kappa shape index (κ1) is 11.4. The molecular weight excluding hydrogens is 370 g/mol. The molecule has 7 nitrogen and oxygen atoms in total. The Labute approximate surface area is 132 Å². The number of carbonyl (C=O) groups excluding carboxylic acids is 1. The summed E-state index contributed by atoms with van der Waals surface area (Å²) in [6.45, 7) is -1.64. The summed E-state index contributed by atoms with van der Waals surface area (Å²) >= 11 is 4.26. The molecule has 0 unspecified atom stereocenters. The molecule has 0 aromatic carbocycles. The highest BCUT2D eigenvalue weighted by atomic mass is 79.9. The lowest BCUT2D eigenvalue weighted by molar-refractivity contribution is -0.139. The molecule has 20 heavy (non-hydrogen) atoms. The third-order valence-electron chi connectivity index (χ3n) is 2.12. The van der Waals surface area contributed by atoms with Gasteiger partial charge >= 0.3 is 16.2 Å². The van der Waals surface area contributed by atoms with Gasteiger partial charge in [-0.05, 0) is 28.9 Å². The van der Waals surface area contributed by atoms with Crippen molar-refractivity contribution in [3.05, 3.63) is 26.8 Å². The molecule has 1 aliphatic heterocycles. The van der Waals surface area contributed by atoms with E-state index in [4.69, 9.17) is 8.85 Å². The van der Waals surface area contributed by atoms with E-state index in [-0.39, 0.29) is 21.6 Å². The zero-order valence-electron chi connectivity index (χ0n) is 13.0. The zero-order chi connectivity index (χ0) is 17.4. The normalized spacial score (nSPS) is 20.3. The van der Waals surface area contributed by atoms with E-state index >= 15 is 0 Å². The van der Waals surface area contributed by atoms with Gasteiger partial charge < -0.3 is 4.74 Å². The Morgan fingerprint density at radius 1 is 1.65 bits per heavy atom. The smallest absolute Gasteiger partial charge is 0.355 e. The van der Waals surface area contributed by atoms with Crippen LogP contribution in [0.3, 0.4) is 0 Å². The molecule has 1 aliphatic rings. The van der Waals surface area contributed by atoms with E-state index in [1.807, 2.05) is 0 Å². The first-order valence-electron chi connectivity index (χ1n) is 6.72. The highest BCUT2D eigenvalue weighted by Gasteiger charge is 2.31. The van der Waals surface area contributed by atoms with E-state index in [0.717, 1.165) is 17.4 Å². The molecule has 10 heteroatoms. The molecule has 0 bridgehead atoms. The van der Waals surface area contributed by atoms with Crippen LogP contribution in [0.5, 0.6) is 0 Å². The van der Waals surface area contributed by atoms with Crippen molar-refractivity contribution in [3.8, 4) is 0 Å². The van der Waals surface area contributed by atoms with Gasteiger partial charge in [-0.25, -0.2) is 14.1 Å². The molecule has 1 aromatic rings. The van der Waals surface area contributed by atoms with Crippen molar-refractivity contribution in [2.75, 3.05) is 13.6 Å². The molecule has 0 amide bonds. The minimum Gasteiger partial charge on any atom is -0.461 e. The zero-order valence-corrected chi connectivity index (χ0v) is 13.2. The summed E-state index contributed by atoms with van der Waals surface area (Å²) in [5.74, 6) is -1.07. The standard InChI is InChI=1S/C10H10BrN3O4S2/c1-3-18-10(15)7-4-6(9-12-5-8(11)19-9)13-20(16,17)14(7)2/h4-5H,3H2,1-2H3/i2D3. The van der Waals surface area contributed by atoms with Gasteiger partial charge in [-0.3, -0.25) is 0 Å². The predicted molar refractivity (Wildman–Crippen MR) is 77.7 cm³/mol. The van der Waals surface area contributed by atoms with Crippen LogP contribution in [-0.4, -0.2) is 43.0 Å². The Kier molecular flexibility index (Phi) is 3.21. The van der Waals surface area contributed by atoms with Gasteiger partial charge in [0.2, 0.25) is 0 Å².